The number of hydrogen-bond acceptors (Lipinski definition) is 4. The first-order valence-electron chi connectivity index (χ1n) is 10.7. The summed E-state index contributed by atoms with van der Waals surface area (Å²) < 4.78 is 11.2. The highest BCUT2D eigenvalue weighted by atomic mass is 16.5. The fourth-order valence-corrected chi connectivity index (χ4v) is 4.57. The van der Waals surface area contributed by atoms with Crippen LogP contribution in [-0.2, 0) is 11.4 Å². The third kappa shape index (κ3) is 4.75. The summed E-state index contributed by atoms with van der Waals surface area (Å²) in [6.07, 6.45) is 4.49. The molecule has 2 fully saturated rings. The second kappa shape index (κ2) is 9.20. The highest BCUT2D eigenvalue weighted by Gasteiger charge is 2.43. The lowest BCUT2D eigenvalue weighted by Gasteiger charge is -2.20. The Hall–Kier alpha value is -3.02. The largest absolute Gasteiger partial charge is 0.494 e. The number of hydrazine groups is 1. The molecule has 2 saturated carbocycles. The van der Waals surface area contributed by atoms with Crippen LogP contribution in [-0.4, -0.2) is 18.4 Å². The Morgan fingerprint density at radius 3 is 2.20 bits per heavy atom. The smallest absolute Gasteiger partial charge is 0.269 e. The van der Waals surface area contributed by atoms with Crippen molar-refractivity contribution < 1.29 is 19.1 Å². The molecule has 4 rings (SSSR count). The van der Waals surface area contributed by atoms with Gasteiger partial charge < -0.3 is 9.47 Å². The zero-order chi connectivity index (χ0) is 20.9. The van der Waals surface area contributed by atoms with Gasteiger partial charge in [-0.1, -0.05) is 18.6 Å². The predicted octanol–water partition coefficient (Wildman–Crippen LogP) is 3.86. The number of fused-ring (bicyclic) bond motifs is 2. The van der Waals surface area contributed by atoms with Gasteiger partial charge in [-0.25, -0.2) is 0 Å². The molecule has 0 aliphatic heterocycles. The molecule has 0 aromatic heterocycles. The van der Waals surface area contributed by atoms with Crippen molar-refractivity contribution >= 4 is 11.8 Å². The van der Waals surface area contributed by atoms with E-state index in [1.54, 1.807) is 12.1 Å². The molecule has 2 aliphatic rings. The predicted molar refractivity (Wildman–Crippen MR) is 113 cm³/mol. The van der Waals surface area contributed by atoms with Gasteiger partial charge in [0.25, 0.3) is 5.91 Å². The zero-order valence-electron chi connectivity index (χ0n) is 17.2. The van der Waals surface area contributed by atoms with Crippen LogP contribution >= 0.6 is 0 Å². The van der Waals surface area contributed by atoms with Crippen molar-refractivity contribution in [3.63, 3.8) is 0 Å². The summed E-state index contributed by atoms with van der Waals surface area (Å²) in [5, 5.41) is 0. The summed E-state index contributed by atoms with van der Waals surface area (Å²) >= 11 is 0. The van der Waals surface area contributed by atoms with Gasteiger partial charge in [0, 0.05) is 11.5 Å². The third-order valence-corrected chi connectivity index (χ3v) is 6.13. The van der Waals surface area contributed by atoms with Crippen molar-refractivity contribution in [3.8, 4) is 11.5 Å². The molecule has 0 unspecified atom stereocenters. The molecule has 2 bridgehead atoms. The maximum atomic E-state index is 12.4. The fraction of sp³-hybridized carbons (Fsp3) is 0.417. The lowest BCUT2D eigenvalue weighted by atomic mass is 9.88. The summed E-state index contributed by atoms with van der Waals surface area (Å²) in [5.41, 5.74) is 6.60. The number of ether oxygens (including phenoxy) is 2. The number of amides is 2. The van der Waals surface area contributed by atoms with Crippen LogP contribution in [0.15, 0.2) is 48.5 Å². The zero-order valence-corrected chi connectivity index (χ0v) is 17.2. The van der Waals surface area contributed by atoms with Crippen molar-refractivity contribution in [3.05, 3.63) is 59.7 Å². The molecule has 0 radical (unpaired) electrons. The van der Waals surface area contributed by atoms with E-state index in [1.807, 2.05) is 43.3 Å². The molecule has 2 amide bonds. The van der Waals surface area contributed by atoms with Crippen molar-refractivity contribution in [2.24, 2.45) is 17.8 Å². The van der Waals surface area contributed by atoms with Crippen molar-refractivity contribution in [2.75, 3.05) is 6.61 Å². The molecular weight excluding hydrogens is 380 g/mol. The Labute approximate surface area is 176 Å². The molecule has 0 saturated heterocycles. The minimum Gasteiger partial charge on any atom is -0.494 e. The Balaban J connectivity index is 1.23. The van der Waals surface area contributed by atoms with E-state index in [4.69, 9.17) is 9.47 Å². The number of carbonyl (C=O) groups is 2. The van der Waals surface area contributed by atoms with E-state index in [1.165, 1.54) is 6.42 Å². The molecule has 6 heteroatoms. The second-order valence-corrected chi connectivity index (χ2v) is 8.11. The fourth-order valence-electron chi connectivity index (χ4n) is 4.57. The van der Waals surface area contributed by atoms with Crippen molar-refractivity contribution in [1.82, 2.24) is 10.9 Å². The normalized spacial score (nSPS) is 21.8. The molecule has 3 atom stereocenters. The highest BCUT2D eigenvalue weighted by Crippen LogP contribution is 2.48. The Morgan fingerprint density at radius 1 is 0.900 bits per heavy atom. The van der Waals surface area contributed by atoms with Crippen LogP contribution in [0, 0.1) is 17.8 Å². The minimum atomic E-state index is -0.314. The van der Waals surface area contributed by atoms with E-state index in [-0.39, 0.29) is 17.7 Å². The first-order valence-corrected chi connectivity index (χ1v) is 10.7. The van der Waals surface area contributed by atoms with Crippen LogP contribution in [0.1, 0.15) is 48.5 Å². The number of nitrogens with one attached hydrogen (secondary N) is 2. The third-order valence-electron chi connectivity index (χ3n) is 6.13. The molecule has 2 N–H and O–H groups in total. The van der Waals surface area contributed by atoms with Crippen molar-refractivity contribution in [1.29, 1.82) is 0 Å². The lowest BCUT2D eigenvalue weighted by molar-refractivity contribution is -0.127. The average Bonchev–Trinajstić information content (AvgIpc) is 3.41. The molecule has 30 heavy (non-hydrogen) atoms. The standard InChI is InChI=1S/C24H28N2O4/c1-2-29-20-9-11-21(12-10-20)30-15-16-3-6-18(7-4-16)23(27)25-26-24(28)22-14-17-5-8-19(22)13-17/h3-4,6-7,9-12,17,19,22H,2,5,8,13-15H2,1H3,(H,25,27)(H,26,28)/t17-,19-,22+/m0/s1. The molecule has 158 valence electrons. The summed E-state index contributed by atoms with van der Waals surface area (Å²) in [7, 11) is 0. The van der Waals surface area contributed by atoms with Crippen LogP contribution < -0.4 is 20.3 Å². The molecule has 0 spiro atoms. The topological polar surface area (TPSA) is 76.7 Å². The van der Waals surface area contributed by atoms with Gasteiger partial charge in [-0.2, -0.15) is 0 Å². The van der Waals surface area contributed by atoms with Crippen LogP contribution in [0.25, 0.3) is 0 Å². The average molecular weight is 408 g/mol. The molecule has 0 heterocycles. The monoisotopic (exact) mass is 408 g/mol. The maximum absolute atomic E-state index is 12.4. The van der Waals surface area contributed by atoms with Crippen LogP contribution in [0.4, 0.5) is 0 Å². The van der Waals surface area contributed by atoms with E-state index < -0.39 is 0 Å². The maximum Gasteiger partial charge on any atom is 0.269 e. The van der Waals surface area contributed by atoms with Gasteiger partial charge in [-0.15, -0.1) is 0 Å². The SMILES string of the molecule is CCOc1ccc(OCc2ccc(C(=O)NNC(=O)[C@@H]3C[C@H]4CC[C@H]3C4)cc2)cc1. The van der Waals surface area contributed by atoms with E-state index >= 15 is 0 Å². The van der Waals surface area contributed by atoms with E-state index in [9.17, 15) is 9.59 Å². The summed E-state index contributed by atoms with van der Waals surface area (Å²) in [6, 6.07) is 14.6. The van der Waals surface area contributed by atoms with Gasteiger partial charge in [0.05, 0.1) is 6.61 Å². The Kier molecular flexibility index (Phi) is 6.21. The Bertz CT molecular complexity index is 879. The van der Waals surface area contributed by atoms with Crippen LogP contribution in [0.2, 0.25) is 0 Å². The van der Waals surface area contributed by atoms with Gasteiger partial charge in [0.15, 0.2) is 0 Å². The molecule has 6 nitrogen and oxygen atoms in total. The van der Waals surface area contributed by atoms with Gasteiger partial charge in [-0.3, -0.25) is 20.4 Å². The van der Waals surface area contributed by atoms with Gasteiger partial charge >= 0.3 is 0 Å². The van der Waals surface area contributed by atoms with E-state index in [0.29, 0.717) is 30.6 Å². The molecule has 2 aromatic rings. The van der Waals surface area contributed by atoms with Gasteiger partial charge in [0.1, 0.15) is 18.1 Å². The van der Waals surface area contributed by atoms with Crippen LogP contribution in [0.5, 0.6) is 11.5 Å². The molecule has 2 aromatic carbocycles. The van der Waals surface area contributed by atoms with Crippen molar-refractivity contribution in [2.45, 2.75) is 39.2 Å². The number of rotatable bonds is 7. The van der Waals surface area contributed by atoms with E-state index in [0.717, 1.165) is 36.3 Å². The Morgan fingerprint density at radius 2 is 1.60 bits per heavy atom. The highest BCUT2D eigenvalue weighted by molar-refractivity contribution is 5.95. The van der Waals surface area contributed by atoms with Crippen LogP contribution in [0.3, 0.4) is 0 Å². The second-order valence-electron chi connectivity index (χ2n) is 8.11. The van der Waals surface area contributed by atoms with E-state index in [2.05, 4.69) is 10.9 Å². The summed E-state index contributed by atoms with van der Waals surface area (Å²) in [6.45, 7) is 2.98. The lowest BCUT2D eigenvalue weighted by Crippen LogP contribution is -2.45. The summed E-state index contributed by atoms with van der Waals surface area (Å²) in [5.74, 6) is 2.42. The quantitative estimate of drug-likeness (QED) is 0.682. The minimum absolute atomic E-state index is 0.0474. The number of carbonyl (C=O) groups excluding carboxylic acids is 2. The number of benzene rings is 2. The van der Waals surface area contributed by atoms with Gasteiger partial charge in [0.2, 0.25) is 5.91 Å². The van der Waals surface area contributed by atoms with Gasteiger partial charge in [-0.05, 0) is 80.0 Å². The summed E-state index contributed by atoms with van der Waals surface area (Å²) in [4.78, 5) is 24.7. The first kappa shape index (κ1) is 20.3. The molecular formula is C24H28N2O4. The number of hydrogen-bond donors (Lipinski definition) is 2. The molecule has 2 aliphatic carbocycles. The first-order chi connectivity index (χ1) is 14.6.